The van der Waals surface area contributed by atoms with E-state index < -0.39 is 0 Å². The second-order valence-electron chi connectivity index (χ2n) is 4.92. The van der Waals surface area contributed by atoms with Crippen molar-refractivity contribution in [1.82, 2.24) is 4.90 Å². The third kappa shape index (κ3) is 1.72. The minimum atomic E-state index is -0.254. The summed E-state index contributed by atoms with van der Waals surface area (Å²) in [6, 6.07) is -0.0638. The van der Waals surface area contributed by atoms with E-state index in [4.69, 9.17) is 0 Å². The van der Waals surface area contributed by atoms with Gasteiger partial charge in [0, 0.05) is 17.7 Å². The molecule has 0 saturated heterocycles. The normalized spacial score (nSPS) is 18.1. The molecule has 0 atom stereocenters. The maximum absolute atomic E-state index is 11.8. The molecule has 1 aliphatic heterocycles. The van der Waals surface area contributed by atoms with Crippen molar-refractivity contribution in [3.63, 3.8) is 0 Å². The lowest BCUT2D eigenvalue weighted by atomic mass is 9.86. The van der Waals surface area contributed by atoms with Gasteiger partial charge in [-0.1, -0.05) is 20.8 Å². The Labute approximate surface area is 84.8 Å². The second-order valence-corrected chi connectivity index (χ2v) is 4.92. The first-order chi connectivity index (χ1) is 6.25. The molecular weight excluding hydrogens is 178 g/mol. The van der Waals surface area contributed by atoms with E-state index in [9.17, 15) is 9.59 Å². The molecule has 0 N–H and O–H groups in total. The molecule has 0 aromatic rings. The number of imide groups is 1. The first kappa shape index (κ1) is 11.0. The Morgan fingerprint density at radius 3 is 1.93 bits per heavy atom. The van der Waals surface area contributed by atoms with E-state index in [1.54, 1.807) is 0 Å². The number of carbonyl (C=O) groups is 2. The van der Waals surface area contributed by atoms with Crippen LogP contribution >= 0.6 is 0 Å². The van der Waals surface area contributed by atoms with Gasteiger partial charge in [-0.15, -0.1) is 0 Å². The van der Waals surface area contributed by atoms with Crippen molar-refractivity contribution in [2.24, 2.45) is 5.41 Å². The Morgan fingerprint density at radius 2 is 1.71 bits per heavy atom. The first-order valence-electron chi connectivity index (χ1n) is 4.85. The zero-order chi connectivity index (χ0) is 11.1. The van der Waals surface area contributed by atoms with Crippen molar-refractivity contribution in [2.45, 2.75) is 40.7 Å². The van der Waals surface area contributed by atoms with Crippen molar-refractivity contribution < 1.29 is 9.59 Å². The van der Waals surface area contributed by atoms with E-state index in [2.05, 4.69) is 0 Å². The Balaban J connectivity index is 3.02. The summed E-state index contributed by atoms with van der Waals surface area (Å²) in [5, 5.41) is 0. The Morgan fingerprint density at radius 1 is 1.21 bits per heavy atom. The zero-order valence-corrected chi connectivity index (χ0v) is 9.42. The maximum Gasteiger partial charge on any atom is 0.257 e. The quantitative estimate of drug-likeness (QED) is 0.598. The van der Waals surface area contributed by atoms with E-state index >= 15 is 0 Å². The van der Waals surface area contributed by atoms with Crippen LogP contribution in [0, 0.1) is 5.41 Å². The van der Waals surface area contributed by atoms with Gasteiger partial charge in [0.15, 0.2) is 0 Å². The van der Waals surface area contributed by atoms with Crippen molar-refractivity contribution in [3.05, 3.63) is 11.6 Å². The van der Waals surface area contributed by atoms with Crippen LogP contribution < -0.4 is 0 Å². The fourth-order valence-electron chi connectivity index (χ4n) is 1.51. The number of hydrogen-bond donors (Lipinski definition) is 0. The van der Waals surface area contributed by atoms with Gasteiger partial charge in [-0.3, -0.25) is 14.5 Å². The van der Waals surface area contributed by atoms with Crippen LogP contribution in [0.2, 0.25) is 0 Å². The fraction of sp³-hybridized carbons (Fsp3) is 0.636. The standard InChI is InChI=1S/C11H17NO2/c1-7(2)12-9(13)6-8(10(12)14)11(3,4)5/h6-7H,1-5H3. The summed E-state index contributed by atoms with van der Waals surface area (Å²) >= 11 is 0. The molecule has 0 aromatic carbocycles. The van der Waals surface area contributed by atoms with Crippen molar-refractivity contribution in [2.75, 3.05) is 0 Å². The van der Waals surface area contributed by atoms with Crippen molar-refractivity contribution in [1.29, 1.82) is 0 Å². The maximum atomic E-state index is 11.8. The minimum Gasteiger partial charge on any atom is -0.273 e. The van der Waals surface area contributed by atoms with Gasteiger partial charge in [0.1, 0.15) is 0 Å². The molecule has 0 saturated carbocycles. The highest BCUT2D eigenvalue weighted by Crippen LogP contribution is 2.31. The Bertz CT molecular complexity index is 308. The third-order valence-electron chi connectivity index (χ3n) is 2.28. The second kappa shape index (κ2) is 3.23. The van der Waals surface area contributed by atoms with Gasteiger partial charge in [0.05, 0.1) is 0 Å². The Hall–Kier alpha value is -1.12. The lowest BCUT2D eigenvalue weighted by Gasteiger charge is -2.23. The van der Waals surface area contributed by atoms with Crippen molar-refractivity contribution in [3.8, 4) is 0 Å². The van der Waals surface area contributed by atoms with Gasteiger partial charge >= 0.3 is 0 Å². The van der Waals surface area contributed by atoms with Crippen LogP contribution in [0.3, 0.4) is 0 Å². The highest BCUT2D eigenvalue weighted by Gasteiger charge is 2.37. The van der Waals surface area contributed by atoms with E-state index in [0.29, 0.717) is 5.57 Å². The molecular formula is C11H17NO2. The number of carbonyl (C=O) groups excluding carboxylic acids is 2. The highest BCUT2D eigenvalue weighted by atomic mass is 16.2. The molecule has 2 amide bonds. The molecule has 1 aliphatic rings. The predicted octanol–water partition coefficient (Wildman–Crippen LogP) is 1.74. The molecule has 14 heavy (non-hydrogen) atoms. The van der Waals surface area contributed by atoms with Gasteiger partial charge in [0.2, 0.25) is 0 Å². The zero-order valence-electron chi connectivity index (χ0n) is 9.42. The molecule has 0 unspecified atom stereocenters. The monoisotopic (exact) mass is 195 g/mol. The number of amides is 2. The lowest BCUT2D eigenvalue weighted by molar-refractivity contribution is -0.139. The summed E-state index contributed by atoms with van der Waals surface area (Å²) < 4.78 is 0. The molecule has 1 heterocycles. The van der Waals surface area contributed by atoms with E-state index in [-0.39, 0.29) is 23.3 Å². The topological polar surface area (TPSA) is 37.4 Å². The molecule has 0 spiro atoms. The first-order valence-corrected chi connectivity index (χ1v) is 4.85. The average molecular weight is 195 g/mol. The summed E-state index contributed by atoms with van der Waals surface area (Å²) in [4.78, 5) is 24.7. The van der Waals surface area contributed by atoms with Crippen LogP contribution in [0.25, 0.3) is 0 Å². The summed E-state index contributed by atoms with van der Waals surface area (Å²) in [5.74, 6) is -0.326. The predicted molar refractivity (Wildman–Crippen MR) is 54.5 cm³/mol. The van der Waals surface area contributed by atoms with E-state index in [0.717, 1.165) is 0 Å². The van der Waals surface area contributed by atoms with Crippen LogP contribution in [0.1, 0.15) is 34.6 Å². The van der Waals surface area contributed by atoms with Crippen molar-refractivity contribution >= 4 is 11.8 Å². The van der Waals surface area contributed by atoms with Gasteiger partial charge in [-0.05, 0) is 19.3 Å². The number of nitrogens with zero attached hydrogens (tertiary/aromatic N) is 1. The van der Waals surface area contributed by atoms with Gasteiger partial charge in [-0.2, -0.15) is 0 Å². The lowest BCUT2D eigenvalue weighted by Crippen LogP contribution is -2.38. The van der Waals surface area contributed by atoms with Crippen LogP contribution in [0.4, 0.5) is 0 Å². The molecule has 1 rings (SSSR count). The summed E-state index contributed by atoms with van der Waals surface area (Å²) in [7, 11) is 0. The molecule has 3 heteroatoms. The summed E-state index contributed by atoms with van der Waals surface area (Å²) in [6.45, 7) is 9.50. The largest absolute Gasteiger partial charge is 0.273 e. The number of hydrogen-bond acceptors (Lipinski definition) is 2. The average Bonchev–Trinajstić information content (AvgIpc) is 2.24. The fourth-order valence-corrected chi connectivity index (χ4v) is 1.51. The SMILES string of the molecule is CC(C)N1C(=O)C=C(C(C)(C)C)C1=O. The van der Waals surface area contributed by atoms with E-state index in [1.165, 1.54) is 11.0 Å². The summed E-state index contributed by atoms with van der Waals surface area (Å²) in [5.41, 5.74) is 0.354. The smallest absolute Gasteiger partial charge is 0.257 e. The molecule has 0 radical (unpaired) electrons. The third-order valence-corrected chi connectivity index (χ3v) is 2.28. The van der Waals surface area contributed by atoms with Crippen LogP contribution in [0.15, 0.2) is 11.6 Å². The van der Waals surface area contributed by atoms with Gasteiger partial charge in [-0.25, -0.2) is 0 Å². The minimum absolute atomic E-state index is 0.0638. The van der Waals surface area contributed by atoms with Gasteiger partial charge in [0.25, 0.3) is 11.8 Å². The number of rotatable bonds is 1. The van der Waals surface area contributed by atoms with Gasteiger partial charge < -0.3 is 0 Å². The molecule has 0 bridgehead atoms. The van der Waals surface area contributed by atoms with Crippen LogP contribution in [0.5, 0.6) is 0 Å². The molecule has 0 aliphatic carbocycles. The highest BCUT2D eigenvalue weighted by molar-refractivity contribution is 6.16. The van der Waals surface area contributed by atoms with Crippen LogP contribution in [-0.2, 0) is 9.59 Å². The molecule has 78 valence electrons. The van der Waals surface area contributed by atoms with Crippen LogP contribution in [-0.4, -0.2) is 22.8 Å². The molecule has 3 nitrogen and oxygen atoms in total. The molecule has 0 aromatic heterocycles. The molecule has 0 fully saturated rings. The summed E-state index contributed by atoms with van der Waals surface area (Å²) in [6.07, 6.45) is 1.46. The Kier molecular flexibility index (Phi) is 2.52. The van der Waals surface area contributed by atoms with E-state index in [1.807, 2.05) is 34.6 Å².